The Morgan fingerprint density at radius 1 is 1.33 bits per heavy atom. The van der Waals surface area contributed by atoms with Crippen LogP contribution in [0.25, 0.3) is 0 Å². The van der Waals surface area contributed by atoms with Crippen LogP contribution in [0.4, 0.5) is 8.78 Å². The van der Waals surface area contributed by atoms with Crippen molar-refractivity contribution in [3.8, 4) is 0 Å². The molecule has 0 saturated carbocycles. The Labute approximate surface area is 86.4 Å². The molecule has 3 N–H and O–H groups in total. The maximum absolute atomic E-state index is 12.9. The fourth-order valence-corrected chi connectivity index (χ4v) is 1.35. The van der Waals surface area contributed by atoms with E-state index in [2.05, 4.69) is 5.32 Å². The Balaban J connectivity index is 3.09. The highest BCUT2D eigenvalue weighted by atomic mass is 19.2. The van der Waals surface area contributed by atoms with Crippen LogP contribution in [0.15, 0.2) is 12.1 Å². The third-order valence-electron chi connectivity index (χ3n) is 2.11. The van der Waals surface area contributed by atoms with E-state index in [4.69, 9.17) is 5.11 Å². The van der Waals surface area contributed by atoms with Gasteiger partial charge in [-0.2, -0.15) is 0 Å². The van der Waals surface area contributed by atoms with Crippen molar-refractivity contribution in [3.05, 3.63) is 34.9 Å². The molecule has 1 aromatic rings. The van der Waals surface area contributed by atoms with Gasteiger partial charge in [-0.3, -0.25) is 0 Å². The molecule has 3 nitrogen and oxygen atoms in total. The Morgan fingerprint density at radius 3 is 2.47 bits per heavy atom. The van der Waals surface area contributed by atoms with E-state index in [0.717, 1.165) is 12.1 Å². The summed E-state index contributed by atoms with van der Waals surface area (Å²) in [5.41, 5.74) is 0.391. The summed E-state index contributed by atoms with van der Waals surface area (Å²) in [7, 11) is 1.63. The lowest BCUT2D eigenvalue weighted by Crippen LogP contribution is -2.18. The zero-order valence-corrected chi connectivity index (χ0v) is 8.30. The molecule has 0 fully saturated rings. The number of rotatable bonds is 4. The van der Waals surface area contributed by atoms with Crippen molar-refractivity contribution >= 4 is 0 Å². The molecule has 0 amide bonds. The molecule has 0 aliphatic heterocycles. The third-order valence-corrected chi connectivity index (χ3v) is 2.11. The first-order chi connectivity index (χ1) is 7.10. The molecule has 1 aromatic carbocycles. The average molecular weight is 217 g/mol. The van der Waals surface area contributed by atoms with Gasteiger partial charge in [-0.05, 0) is 30.3 Å². The van der Waals surface area contributed by atoms with E-state index < -0.39 is 24.3 Å². The van der Waals surface area contributed by atoms with E-state index in [0.29, 0.717) is 0 Å². The molecular weight excluding hydrogens is 204 g/mol. The summed E-state index contributed by atoms with van der Waals surface area (Å²) in [4.78, 5) is 0. The van der Waals surface area contributed by atoms with Gasteiger partial charge in [-0.25, -0.2) is 8.78 Å². The smallest absolute Gasteiger partial charge is 0.159 e. The molecule has 0 heterocycles. The molecule has 0 spiro atoms. The number of hydrogen-bond donors (Lipinski definition) is 3. The maximum atomic E-state index is 12.9. The van der Waals surface area contributed by atoms with Crippen LogP contribution in [0.3, 0.4) is 0 Å². The molecular formula is C10H13F2NO2. The number of aliphatic hydroxyl groups excluding tert-OH is 2. The zero-order chi connectivity index (χ0) is 11.4. The van der Waals surface area contributed by atoms with E-state index >= 15 is 0 Å². The summed E-state index contributed by atoms with van der Waals surface area (Å²) in [5.74, 6) is -2.06. The molecule has 0 aromatic heterocycles. The molecule has 1 rings (SSSR count). The van der Waals surface area contributed by atoms with Gasteiger partial charge >= 0.3 is 0 Å². The van der Waals surface area contributed by atoms with Gasteiger partial charge in [-0.15, -0.1) is 0 Å². The van der Waals surface area contributed by atoms with Crippen LogP contribution in [-0.4, -0.2) is 23.8 Å². The lowest BCUT2D eigenvalue weighted by molar-refractivity contribution is 0.172. The molecule has 0 bridgehead atoms. The summed E-state index contributed by atoms with van der Waals surface area (Å²) in [6.45, 7) is -0.231. The minimum atomic E-state index is -1.03. The average Bonchev–Trinajstić information content (AvgIpc) is 2.21. The lowest BCUT2D eigenvalue weighted by atomic mass is 10.0. The van der Waals surface area contributed by atoms with Crippen LogP contribution in [-0.2, 0) is 6.61 Å². The molecule has 5 heteroatoms. The highest BCUT2D eigenvalue weighted by molar-refractivity contribution is 5.30. The Bertz CT molecular complexity index is 344. The summed E-state index contributed by atoms with van der Waals surface area (Å²) in [6.07, 6.45) is -0.966. The molecule has 0 saturated heterocycles. The number of nitrogens with one attached hydrogen (secondary N) is 1. The summed E-state index contributed by atoms with van der Waals surface area (Å²) in [5, 5.41) is 21.2. The van der Waals surface area contributed by atoms with E-state index in [1.54, 1.807) is 7.05 Å². The van der Waals surface area contributed by atoms with Crippen LogP contribution in [0.2, 0.25) is 0 Å². The zero-order valence-electron chi connectivity index (χ0n) is 8.30. The van der Waals surface area contributed by atoms with Gasteiger partial charge in [0, 0.05) is 6.54 Å². The molecule has 0 aliphatic carbocycles. The quantitative estimate of drug-likeness (QED) is 0.696. The van der Waals surface area contributed by atoms with Gasteiger partial charge in [-0.1, -0.05) is 0 Å². The largest absolute Gasteiger partial charge is 0.392 e. The molecule has 0 aliphatic rings. The van der Waals surface area contributed by atoms with Gasteiger partial charge < -0.3 is 15.5 Å². The van der Waals surface area contributed by atoms with Gasteiger partial charge in [0.05, 0.1) is 12.7 Å². The number of benzene rings is 1. The van der Waals surface area contributed by atoms with Crippen molar-refractivity contribution in [1.82, 2.24) is 5.32 Å². The molecule has 1 unspecified atom stereocenters. The van der Waals surface area contributed by atoms with Crippen molar-refractivity contribution in [2.45, 2.75) is 12.7 Å². The predicted molar refractivity (Wildman–Crippen MR) is 51.2 cm³/mol. The van der Waals surface area contributed by atoms with Crippen LogP contribution in [0.1, 0.15) is 17.2 Å². The Hall–Kier alpha value is -1.04. The molecule has 15 heavy (non-hydrogen) atoms. The fraction of sp³-hybridized carbons (Fsp3) is 0.400. The van der Waals surface area contributed by atoms with Crippen molar-refractivity contribution in [2.75, 3.05) is 13.6 Å². The Kier molecular flexibility index (Phi) is 4.14. The van der Waals surface area contributed by atoms with Crippen molar-refractivity contribution < 1.29 is 19.0 Å². The maximum Gasteiger partial charge on any atom is 0.159 e. The second kappa shape index (κ2) is 5.16. The van der Waals surface area contributed by atoms with E-state index in [1.807, 2.05) is 0 Å². The highest BCUT2D eigenvalue weighted by Crippen LogP contribution is 2.21. The van der Waals surface area contributed by atoms with Crippen LogP contribution in [0, 0.1) is 11.6 Å². The lowest BCUT2D eigenvalue weighted by Gasteiger charge is -2.14. The Morgan fingerprint density at radius 2 is 1.93 bits per heavy atom. The highest BCUT2D eigenvalue weighted by Gasteiger charge is 2.15. The van der Waals surface area contributed by atoms with Gasteiger partial charge in [0.25, 0.3) is 0 Å². The summed E-state index contributed by atoms with van der Waals surface area (Å²) >= 11 is 0. The first kappa shape index (κ1) is 12.0. The first-order valence-corrected chi connectivity index (χ1v) is 4.51. The molecule has 1 atom stereocenters. The molecule has 0 radical (unpaired) electrons. The van der Waals surface area contributed by atoms with Gasteiger partial charge in [0.1, 0.15) is 0 Å². The van der Waals surface area contributed by atoms with E-state index in [1.165, 1.54) is 0 Å². The van der Waals surface area contributed by atoms with Crippen LogP contribution < -0.4 is 5.32 Å². The van der Waals surface area contributed by atoms with Crippen molar-refractivity contribution in [3.63, 3.8) is 0 Å². The second-order valence-electron chi connectivity index (χ2n) is 3.20. The predicted octanol–water partition coefficient (Wildman–Crippen LogP) is 0.710. The number of hydrogen-bond acceptors (Lipinski definition) is 3. The third kappa shape index (κ3) is 2.71. The minimum Gasteiger partial charge on any atom is -0.392 e. The second-order valence-corrected chi connectivity index (χ2v) is 3.20. The number of aliphatic hydroxyl groups is 2. The summed E-state index contributed by atoms with van der Waals surface area (Å²) < 4.78 is 25.7. The van der Waals surface area contributed by atoms with Crippen molar-refractivity contribution in [1.29, 1.82) is 0 Å². The number of halogens is 2. The summed E-state index contributed by atoms with van der Waals surface area (Å²) in [6, 6.07) is 1.80. The van der Waals surface area contributed by atoms with E-state index in [9.17, 15) is 13.9 Å². The van der Waals surface area contributed by atoms with Gasteiger partial charge in [0.15, 0.2) is 11.6 Å². The first-order valence-electron chi connectivity index (χ1n) is 4.51. The van der Waals surface area contributed by atoms with Crippen molar-refractivity contribution in [2.24, 2.45) is 0 Å². The number of likely N-dealkylation sites (N-methyl/N-ethyl adjacent to an activating group) is 1. The van der Waals surface area contributed by atoms with E-state index in [-0.39, 0.29) is 17.7 Å². The standard InChI is InChI=1S/C10H13F2NO2/c1-13-4-10(15)7-3-9(12)8(11)2-6(7)5-14/h2-3,10,13-15H,4-5H2,1H3. The van der Waals surface area contributed by atoms with Crippen LogP contribution in [0.5, 0.6) is 0 Å². The fourth-order valence-electron chi connectivity index (χ4n) is 1.35. The SMILES string of the molecule is CNCC(O)c1cc(F)c(F)cc1CO. The minimum absolute atomic E-state index is 0.191. The topological polar surface area (TPSA) is 52.5 Å². The van der Waals surface area contributed by atoms with Gasteiger partial charge in [0.2, 0.25) is 0 Å². The van der Waals surface area contributed by atoms with Crippen LogP contribution >= 0.6 is 0 Å². The molecule has 84 valence electrons. The monoisotopic (exact) mass is 217 g/mol. The normalized spacial score (nSPS) is 12.9.